The van der Waals surface area contributed by atoms with E-state index in [0.717, 1.165) is 85.5 Å². The maximum absolute atomic E-state index is 6.99. The summed E-state index contributed by atoms with van der Waals surface area (Å²) in [4.78, 5) is 2.35. The number of methoxy groups -OCH3 is 2. The summed E-state index contributed by atoms with van der Waals surface area (Å²) in [6, 6.07) is 13.1. The lowest BCUT2D eigenvalue weighted by Crippen LogP contribution is -2.41. The molecule has 1 aromatic heterocycles. The van der Waals surface area contributed by atoms with Crippen molar-refractivity contribution in [3.05, 3.63) is 47.5 Å². The van der Waals surface area contributed by atoms with Gasteiger partial charge < -0.3 is 18.9 Å². The van der Waals surface area contributed by atoms with Crippen LogP contribution in [0.5, 0.6) is 23.0 Å². The number of ether oxygens (including phenoxy) is 4. The maximum Gasteiger partial charge on any atom is 0.135 e. The number of hydrogen-bond acceptors (Lipinski definition) is 5. The highest BCUT2D eigenvalue weighted by Gasteiger charge is 2.41. The molecule has 5 heteroatoms. The van der Waals surface area contributed by atoms with Crippen LogP contribution in [0.1, 0.15) is 88.2 Å². The van der Waals surface area contributed by atoms with Gasteiger partial charge in [-0.05, 0) is 112 Å². The minimum Gasteiger partial charge on any atom is -0.496 e. The molecule has 2 fully saturated rings. The topological polar surface area (TPSA) is 36.9 Å². The Bertz CT molecular complexity index is 1260. The van der Waals surface area contributed by atoms with Gasteiger partial charge >= 0.3 is 0 Å². The fourth-order valence-corrected chi connectivity index (χ4v) is 8.71. The van der Waals surface area contributed by atoms with Crippen molar-refractivity contribution in [1.82, 2.24) is 0 Å². The standard InChI is InChI=1S/C34H40O4S/c1-35-25-11-9-23-15-21-33(17-5-3-6-18-33)37-31(23)29(25)27-13-14-28(39-27)30-26(36-2)12-10-24-16-22-34(38-32(24)30)19-7-4-8-20-34/h9-14H,3-8,15-22H2,1-2H3. The van der Waals surface area contributed by atoms with E-state index in [4.69, 9.17) is 18.9 Å². The quantitative estimate of drug-likeness (QED) is 0.328. The van der Waals surface area contributed by atoms with Crippen molar-refractivity contribution < 1.29 is 18.9 Å². The smallest absolute Gasteiger partial charge is 0.135 e. The fraction of sp³-hybridized carbons (Fsp3) is 0.529. The summed E-state index contributed by atoms with van der Waals surface area (Å²) in [6.07, 6.45) is 16.7. The normalized spacial score (nSPS) is 21.0. The Hall–Kier alpha value is -2.66. The number of rotatable bonds is 4. The van der Waals surface area contributed by atoms with Gasteiger partial charge in [-0.1, -0.05) is 25.0 Å². The van der Waals surface area contributed by atoms with Crippen molar-refractivity contribution in [1.29, 1.82) is 0 Å². The van der Waals surface area contributed by atoms with Gasteiger partial charge in [-0.3, -0.25) is 0 Å². The van der Waals surface area contributed by atoms with Crippen molar-refractivity contribution in [2.45, 2.75) is 101 Å². The van der Waals surface area contributed by atoms with Crippen molar-refractivity contribution in [2.75, 3.05) is 14.2 Å². The van der Waals surface area contributed by atoms with Gasteiger partial charge in [0, 0.05) is 9.75 Å². The molecule has 2 aromatic carbocycles. The SMILES string of the molecule is COc1ccc2c(c1-c1ccc(-c3c(OC)ccc4c3OC3(CCCCC3)CC4)s1)OC1(CCCCC1)CC2. The third-order valence-electron chi connectivity index (χ3n) is 9.81. The van der Waals surface area contributed by atoms with Gasteiger partial charge in [0.05, 0.1) is 25.3 Å². The molecule has 3 aromatic rings. The largest absolute Gasteiger partial charge is 0.496 e. The fourth-order valence-electron chi connectivity index (χ4n) is 7.61. The van der Waals surface area contributed by atoms with E-state index in [0.29, 0.717) is 0 Å². The second kappa shape index (κ2) is 10.1. The van der Waals surface area contributed by atoms with E-state index in [2.05, 4.69) is 36.4 Å². The summed E-state index contributed by atoms with van der Waals surface area (Å²) in [6.45, 7) is 0. The molecule has 7 rings (SSSR count). The van der Waals surface area contributed by atoms with Gasteiger partial charge in [0.1, 0.15) is 34.2 Å². The third kappa shape index (κ3) is 4.41. The van der Waals surface area contributed by atoms with E-state index in [1.807, 2.05) is 0 Å². The Kier molecular flexibility index (Phi) is 6.54. The lowest BCUT2D eigenvalue weighted by Gasteiger charge is -2.42. The van der Waals surface area contributed by atoms with Gasteiger partial charge in [0.25, 0.3) is 0 Å². The molecule has 2 aliphatic heterocycles. The molecule has 0 N–H and O–H groups in total. The molecule has 0 atom stereocenters. The summed E-state index contributed by atoms with van der Waals surface area (Å²) in [5.74, 6) is 3.84. The van der Waals surface area contributed by atoms with E-state index in [1.54, 1.807) is 25.6 Å². The van der Waals surface area contributed by atoms with Crippen LogP contribution in [0.3, 0.4) is 0 Å². The van der Waals surface area contributed by atoms with Crippen LogP contribution in [0.2, 0.25) is 0 Å². The predicted octanol–water partition coefficient (Wildman–Crippen LogP) is 9.16. The van der Waals surface area contributed by atoms with Gasteiger partial charge in [0.2, 0.25) is 0 Å². The Balaban J connectivity index is 1.31. The maximum atomic E-state index is 6.99. The summed E-state index contributed by atoms with van der Waals surface area (Å²) >= 11 is 1.79. The molecule has 4 nitrogen and oxygen atoms in total. The monoisotopic (exact) mass is 544 g/mol. The molecule has 0 unspecified atom stereocenters. The lowest BCUT2D eigenvalue weighted by atomic mass is 9.78. The highest BCUT2D eigenvalue weighted by Crippen LogP contribution is 2.54. The number of aryl methyl sites for hydroxylation is 2. The number of benzene rings is 2. The average molecular weight is 545 g/mol. The minimum atomic E-state index is -0.0175. The molecule has 2 saturated carbocycles. The second-order valence-electron chi connectivity index (χ2n) is 12.1. The van der Waals surface area contributed by atoms with Crippen LogP contribution in [0.4, 0.5) is 0 Å². The number of fused-ring (bicyclic) bond motifs is 2. The van der Waals surface area contributed by atoms with E-state index in [9.17, 15) is 0 Å². The molecule has 0 radical (unpaired) electrons. The summed E-state index contributed by atoms with van der Waals surface area (Å²) in [5, 5.41) is 0. The van der Waals surface area contributed by atoms with E-state index < -0.39 is 0 Å². The summed E-state index contributed by atoms with van der Waals surface area (Å²) in [5.41, 5.74) is 4.77. The second-order valence-corrected chi connectivity index (χ2v) is 13.2. The first-order chi connectivity index (χ1) is 19.1. The molecule has 0 amide bonds. The van der Waals surface area contributed by atoms with Crippen molar-refractivity contribution in [3.63, 3.8) is 0 Å². The number of thiophene rings is 1. The molecule has 0 saturated heterocycles. The van der Waals surface area contributed by atoms with Crippen molar-refractivity contribution >= 4 is 11.3 Å². The zero-order chi connectivity index (χ0) is 26.5. The van der Waals surface area contributed by atoms with Crippen LogP contribution in [0.15, 0.2) is 36.4 Å². The van der Waals surface area contributed by atoms with Crippen molar-refractivity contribution in [3.8, 4) is 43.9 Å². The van der Waals surface area contributed by atoms with Crippen LogP contribution in [0.25, 0.3) is 20.9 Å². The zero-order valence-corrected chi connectivity index (χ0v) is 24.2. The van der Waals surface area contributed by atoms with E-state index in [1.165, 1.54) is 59.4 Å². The van der Waals surface area contributed by atoms with Crippen LogP contribution >= 0.6 is 11.3 Å². The highest BCUT2D eigenvalue weighted by atomic mass is 32.1. The Labute approximate surface area is 236 Å². The molecule has 39 heavy (non-hydrogen) atoms. The molecular formula is C34H40O4S. The van der Waals surface area contributed by atoms with Crippen molar-refractivity contribution in [2.24, 2.45) is 0 Å². The first-order valence-electron chi connectivity index (χ1n) is 15.0. The molecule has 0 bridgehead atoms. The molecule has 3 heterocycles. The van der Waals surface area contributed by atoms with E-state index in [-0.39, 0.29) is 11.2 Å². The molecule has 2 aliphatic carbocycles. The van der Waals surface area contributed by atoms with Gasteiger partial charge in [-0.25, -0.2) is 0 Å². The van der Waals surface area contributed by atoms with Crippen LogP contribution in [0, 0.1) is 0 Å². The molecule has 4 aliphatic rings. The van der Waals surface area contributed by atoms with Gasteiger partial charge in [-0.2, -0.15) is 0 Å². The van der Waals surface area contributed by atoms with Crippen LogP contribution in [-0.2, 0) is 12.8 Å². The summed E-state index contributed by atoms with van der Waals surface area (Å²) in [7, 11) is 3.54. The average Bonchev–Trinajstić information content (AvgIpc) is 3.46. The number of hydrogen-bond donors (Lipinski definition) is 0. The third-order valence-corrected chi connectivity index (χ3v) is 10.9. The Morgan fingerprint density at radius 2 is 1.00 bits per heavy atom. The van der Waals surface area contributed by atoms with Crippen LogP contribution < -0.4 is 18.9 Å². The first kappa shape index (κ1) is 25.3. The van der Waals surface area contributed by atoms with Gasteiger partial charge in [0.15, 0.2) is 0 Å². The lowest BCUT2D eigenvalue weighted by molar-refractivity contribution is 0.0110. The first-order valence-corrected chi connectivity index (χ1v) is 15.8. The molecule has 2 spiro atoms. The molecule has 206 valence electrons. The van der Waals surface area contributed by atoms with Crippen LogP contribution in [-0.4, -0.2) is 25.4 Å². The highest BCUT2D eigenvalue weighted by molar-refractivity contribution is 7.19. The predicted molar refractivity (Wildman–Crippen MR) is 158 cm³/mol. The Morgan fingerprint density at radius 3 is 1.41 bits per heavy atom. The van der Waals surface area contributed by atoms with Gasteiger partial charge in [-0.15, -0.1) is 11.3 Å². The molecular weight excluding hydrogens is 504 g/mol. The van der Waals surface area contributed by atoms with E-state index >= 15 is 0 Å². The summed E-state index contributed by atoms with van der Waals surface area (Å²) < 4.78 is 25.9. The zero-order valence-electron chi connectivity index (χ0n) is 23.4. The Morgan fingerprint density at radius 1 is 0.564 bits per heavy atom. The minimum absolute atomic E-state index is 0.0175.